The SMILES string of the molecule is COc1cc(C2=C(C(=O)OCOC(=O)C(C)(C)C)N3C(=O)[C@H]([C@@H](C)O)[C@H]3C2)ccc1NC(=O)Nc1ccoc1. The van der Waals surface area contributed by atoms with Crippen LogP contribution in [0.15, 0.2) is 46.9 Å². The van der Waals surface area contributed by atoms with Crippen molar-refractivity contribution in [2.45, 2.75) is 46.3 Å². The zero-order valence-electron chi connectivity index (χ0n) is 22.3. The van der Waals surface area contributed by atoms with Crippen LogP contribution in [0.3, 0.4) is 0 Å². The van der Waals surface area contributed by atoms with E-state index in [0.29, 0.717) is 28.3 Å². The second kappa shape index (κ2) is 10.8. The Balaban J connectivity index is 1.59. The monoisotopic (exact) mass is 541 g/mol. The molecule has 2 aliphatic heterocycles. The molecule has 12 nitrogen and oxygen atoms in total. The van der Waals surface area contributed by atoms with Crippen molar-refractivity contribution in [1.29, 1.82) is 0 Å². The molecule has 12 heteroatoms. The van der Waals surface area contributed by atoms with Gasteiger partial charge in [-0.15, -0.1) is 0 Å². The number of rotatable bonds is 8. The number of aliphatic hydroxyl groups is 1. The molecule has 1 aromatic carbocycles. The number of ether oxygens (including phenoxy) is 3. The number of carbonyl (C=O) groups excluding carboxylic acids is 4. The number of hydrogen-bond donors (Lipinski definition) is 3. The molecule has 3 atom stereocenters. The molecule has 1 saturated heterocycles. The number of amides is 3. The number of urea groups is 1. The van der Waals surface area contributed by atoms with Crippen LogP contribution >= 0.6 is 0 Å². The molecule has 1 aromatic heterocycles. The number of hydrogen-bond acceptors (Lipinski definition) is 9. The molecule has 0 bridgehead atoms. The Morgan fingerprint density at radius 2 is 1.92 bits per heavy atom. The number of methoxy groups -OCH3 is 1. The second-order valence-electron chi connectivity index (χ2n) is 10.3. The van der Waals surface area contributed by atoms with Gasteiger partial charge in [-0.3, -0.25) is 9.59 Å². The zero-order chi connectivity index (χ0) is 28.5. The van der Waals surface area contributed by atoms with Gasteiger partial charge in [-0.25, -0.2) is 9.59 Å². The third-order valence-electron chi connectivity index (χ3n) is 6.49. The van der Waals surface area contributed by atoms with Gasteiger partial charge in [-0.05, 0) is 57.4 Å². The molecule has 0 radical (unpaired) electrons. The van der Waals surface area contributed by atoms with Crippen molar-refractivity contribution in [3.05, 3.63) is 48.1 Å². The minimum atomic E-state index is -0.905. The summed E-state index contributed by atoms with van der Waals surface area (Å²) in [6.07, 6.45) is 2.18. The lowest BCUT2D eigenvalue weighted by atomic mass is 9.82. The minimum Gasteiger partial charge on any atom is -0.495 e. The smallest absolute Gasteiger partial charge is 0.358 e. The van der Waals surface area contributed by atoms with Gasteiger partial charge in [0.1, 0.15) is 17.7 Å². The van der Waals surface area contributed by atoms with E-state index in [1.54, 1.807) is 45.0 Å². The molecule has 0 spiro atoms. The van der Waals surface area contributed by atoms with E-state index in [9.17, 15) is 24.3 Å². The van der Waals surface area contributed by atoms with Crippen LogP contribution in [0.25, 0.3) is 5.57 Å². The molecule has 0 saturated carbocycles. The highest BCUT2D eigenvalue weighted by Crippen LogP contribution is 2.48. The number of nitrogens with zero attached hydrogens (tertiary/aromatic N) is 1. The Bertz CT molecular complexity index is 1310. The van der Waals surface area contributed by atoms with Gasteiger partial charge in [-0.2, -0.15) is 0 Å². The number of anilines is 2. The molecule has 2 aliphatic rings. The van der Waals surface area contributed by atoms with Gasteiger partial charge in [0.25, 0.3) is 0 Å². The van der Waals surface area contributed by atoms with E-state index in [1.165, 1.54) is 31.5 Å². The van der Waals surface area contributed by atoms with E-state index in [2.05, 4.69) is 10.6 Å². The zero-order valence-corrected chi connectivity index (χ0v) is 22.3. The maximum absolute atomic E-state index is 13.2. The Labute approximate surface area is 224 Å². The van der Waals surface area contributed by atoms with Crippen LogP contribution in [0.5, 0.6) is 5.75 Å². The van der Waals surface area contributed by atoms with Crippen LogP contribution < -0.4 is 15.4 Å². The highest BCUT2D eigenvalue weighted by atomic mass is 16.7. The predicted octanol–water partition coefficient (Wildman–Crippen LogP) is 3.34. The fourth-order valence-electron chi connectivity index (χ4n) is 4.54. The maximum atomic E-state index is 13.2. The van der Waals surface area contributed by atoms with Crippen LogP contribution in [0.1, 0.15) is 39.7 Å². The van der Waals surface area contributed by atoms with Crippen molar-refractivity contribution in [2.75, 3.05) is 24.5 Å². The first-order valence-electron chi connectivity index (χ1n) is 12.3. The van der Waals surface area contributed by atoms with Gasteiger partial charge in [-0.1, -0.05) is 6.07 Å². The van der Waals surface area contributed by atoms with Crippen molar-refractivity contribution in [3.8, 4) is 5.75 Å². The summed E-state index contributed by atoms with van der Waals surface area (Å²) in [5.41, 5.74) is 1.11. The lowest BCUT2D eigenvalue weighted by Gasteiger charge is -2.44. The summed E-state index contributed by atoms with van der Waals surface area (Å²) in [6.45, 7) is 5.92. The van der Waals surface area contributed by atoms with Crippen molar-refractivity contribution >= 4 is 40.8 Å². The molecule has 3 N–H and O–H groups in total. The lowest BCUT2D eigenvalue weighted by molar-refractivity contribution is -0.175. The van der Waals surface area contributed by atoms with Crippen molar-refractivity contribution in [3.63, 3.8) is 0 Å². The van der Waals surface area contributed by atoms with E-state index < -0.39 is 54.1 Å². The summed E-state index contributed by atoms with van der Waals surface area (Å²) in [7, 11) is 1.43. The molecule has 1 fully saturated rings. The third-order valence-corrected chi connectivity index (χ3v) is 6.49. The molecule has 3 amide bonds. The lowest BCUT2D eigenvalue weighted by Crippen LogP contribution is -2.61. The Morgan fingerprint density at radius 1 is 1.18 bits per heavy atom. The Hall–Kier alpha value is -4.32. The molecule has 208 valence electrons. The van der Waals surface area contributed by atoms with Crippen LogP contribution in [0, 0.1) is 11.3 Å². The highest BCUT2D eigenvalue weighted by Gasteiger charge is 2.57. The highest BCUT2D eigenvalue weighted by molar-refractivity contribution is 6.07. The molecule has 0 aliphatic carbocycles. The average Bonchev–Trinajstić information content (AvgIpc) is 3.49. The van der Waals surface area contributed by atoms with Crippen LogP contribution in [0.4, 0.5) is 16.2 Å². The van der Waals surface area contributed by atoms with Crippen molar-refractivity contribution in [1.82, 2.24) is 4.90 Å². The number of furan rings is 1. The number of fused-ring (bicyclic) bond motifs is 1. The number of aliphatic hydroxyl groups excluding tert-OH is 1. The molecule has 39 heavy (non-hydrogen) atoms. The molecule has 2 aromatic rings. The van der Waals surface area contributed by atoms with Gasteiger partial charge in [0.2, 0.25) is 12.7 Å². The number of carbonyl (C=O) groups is 4. The fourth-order valence-corrected chi connectivity index (χ4v) is 4.54. The van der Waals surface area contributed by atoms with E-state index in [4.69, 9.17) is 18.6 Å². The minimum absolute atomic E-state index is 0.00849. The first-order chi connectivity index (χ1) is 18.4. The molecule has 0 unspecified atom stereocenters. The number of benzene rings is 1. The van der Waals surface area contributed by atoms with E-state index >= 15 is 0 Å². The topological polar surface area (TPSA) is 157 Å². The van der Waals surface area contributed by atoms with E-state index in [-0.39, 0.29) is 12.1 Å². The quantitative estimate of drug-likeness (QED) is 0.259. The summed E-state index contributed by atoms with van der Waals surface area (Å²) in [5.74, 6) is -2.15. The van der Waals surface area contributed by atoms with E-state index in [0.717, 1.165) is 0 Å². The van der Waals surface area contributed by atoms with Crippen LogP contribution in [0.2, 0.25) is 0 Å². The fraction of sp³-hybridized carbons (Fsp3) is 0.407. The predicted molar refractivity (Wildman–Crippen MR) is 138 cm³/mol. The van der Waals surface area contributed by atoms with Crippen LogP contribution in [-0.2, 0) is 23.9 Å². The molecule has 3 heterocycles. The summed E-state index contributed by atoms with van der Waals surface area (Å²) in [5, 5.41) is 15.4. The maximum Gasteiger partial charge on any atom is 0.358 e. The normalized spacial score (nSPS) is 19.1. The van der Waals surface area contributed by atoms with E-state index in [1.807, 2.05) is 0 Å². The van der Waals surface area contributed by atoms with Crippen molar-refractivity contribution < 1.29 is 42.9 Å². The largest absolute Gasteiger partial charge is 0.495 e. The summed E-state index contributed by atoms with van der Waals surface area (Å²) < 4.78 is 20.7. The molecular weight excluding hydrogens is 510 g/mol. The van der Waals surface area contributed by atoms with Crippen molar-refractivity contribution in [2.24, 2.45) is 11.3 Å². The van der Waals surface area contributed by atoms with Gasteiger partial charge < -0.3 is 39.3 Å². The first kappa shape index (κ1) is 27.7. The third kappa shape index (κ3) is 5.60. The first-order valence-corrected chi connectivity index (χ1v) is 12.3. The summed E-state index contributed by atoms with van der Waals surface area (Å²) in [4.78, 5) is 51.8. The number of esters is 2. The van der Waals surface area contributed by atoms with Gasteiger partial charge in [0.05, 0.1) is 48.2 Å². The number of β-lactam (4-membered cyclic amide) rings is 1. The van der Waals surface area contributed by atoms with Gasteiger partial charge in [0.15, 0.2) is 0 Å². The van der Waals surface area contributed by atoms with Gasteiger partial charge >= 0.3 is 18.0 Å². The standard InChI is InChI=1S/C27H31N3O9/c1-14(31)21-19-11-17(22(30(19)23(21)32)24(33)38-13-39-25(34)27(2,3)4)15-6-7-18(20(10-15)36-5)29-26(35)28-16-8-9-37-12-16/h6-10,12,14,19,21,31H,11,13H2,1-5H3,(H2,28,29,35)/t14-,19-,21-/m1/s1. The Morgan fingerprint density at radius 3 is 2.54 bits per heavy atom. The summed E-state index contributed by atoms with van der Waals surface area (Å²) in [6, 6.07) is 5.54. The molecular formula is C27H31N3O9. The summed E-state index contributed by atoms with van der Waals surface area (Å²) >= 11 is 0. The van der Waals surface area contributed by atoms with Gasteiger partial charge in [0, 0.05) is 6.07 Å². The average molecular weight is 542 g/mol. The molecule has 4 rings (SSSR count). The Kier molecular flexibility index (Phi) is 7.68. The second-order valence-corrected chi connectivity index (χ2v) is 10.3. The van der Waals surface area contributed by atoms with Crippen LogP contribution in [-0.4, -0.2) is 59.9 Å². The number of nitrogens with one attached hydrogen (secondary N) is 2.